The maximum Gasteiger partial charge on any atom is 0.267 e. The van der Waals surface area contributed by atoms with Crippen molar-refractivity contribution < 1.29 is 4.79 Å². The standard InChI is InChI=1S/C21H23N3OS/c1-13(2)16-8-10-17(11-9-16)23-20(25)19-15(4)22-21(26-19)24-18-7-5-6-14(3)12-18/h5-13H,1-4H3,(H,22,24)(H,23,25). The fourth-order valence-electron chi connectivity index (χ4n) is 2.65. The molecule has 0 fully saturated rings. The van der Waals surface area contributed by atoms with Crippen molar-refractivity contribution in [2.24, 2.45) is 0 Å². The van der Waals surface area contributed by atoms with Gasteiger partial charge in [0, 0.05) is 11.4 Å². The van der Waals surface area contributed by atoms with Crippen LogP contribution in [0.5, 0.6) is 0 Å². The van der Waals surface area contributed by atoms with E-state index in [4.69, 9.17) is 0 Å². The highest BCUT2D eigenvalue weighted by atomic mass is 32.1. The van der Waals surface area contributed by atoms with Gasteiger partial charge in [-0.25, -0.2) is 4.98 Å². The fraction of sp³-hybridized carbons (Fsp3) is 0.238. The van der Waals surface area contributed by atoms with Gasteiger partial charge in [0.1, 0.15) is 4.88 Å². The van der Waals surface area contributed by atoms with Gasteiger partial charge in [0.05, 0.1) is 5.69 Å². The van der Waals surface area contributed by atoms with Gasteiger partial charge in [-0.15, -0.1) is 0 Å². The number of benzene rings is 2. The molecule has 2 aromatic carbocycles. The number of hydrogen-bond donors (Lipinski definition) is 2. The van der Waals surface area contributed by atoms with E-state index in [-0.39, 0.29) is 5.91 Å². The smallest absolute Gasteiger partial charge is 0.267 e. The molecule has 0 bridgehead atoms. The minimum atomic E-state index is -0.130. The Hall–Kier alpha value is -2.66. The Kier molecular flexibility index (Phi) is 5.38. The van der Waals surface area contributed by atoms with Gasteiger partial charge >= 0.3 is 0 Å². The zero-order valence-corrected chi connectivity index (χ0v) is 16.3. The minimum Gasteiger partial charge on any atom is -0.332 e. The molecule has 0 unspecified atom stereocenters. The molecule has 0 aliphatic rings. The van der Waals surface area contributed by atoms with Crippen molar-refractivity contribution in [1.82, 2.24) is 4.98 Å². The second kappa shape index (κ2) is 7.70. The Balaban J connectivity index is 1.72. The van der Waals surface area contributed by atoms with E-state index in [0.29, 0.717) is 15.9 Å². The van der Waals surface area contributed by atoms with Crippen LogP contribution >= 0.6 is 11.3 Å². The molecule has 0 radical (unpaired) electrons. The van der Waals surface area contributed by atoms with Crippen LogP contribution in [-0.2, 0) is 0 Å². The fourth-order valence-corrected chi connectivity index (χ4v) is 3.53. The van der Waals surface area contributed by atoms with Gasteiger partial charge in [0.2, 0.25) is 0 Å². The highest BCUT2D eigenvalue weighted by Crippen LogP contribution is 2.27. The number of nitrogens with zero attached hydrogens (tertiary/aromatic N) is 1. The molecule has 1 amide bonds. The lowest BCUT2D eigenvalue weighted by atomic mass is 10.0. The number of hydrogen-bond acceptors (Lipinski definition) is 4. The molecule has 4 nitrogen and oxygen atoms in total. The first-order valence-electron chi connectivity index (χ1n) is 8.65. The van der Waals surface area contributed by atoms with Gasteiger partial charge in [-0.05, 0) is 55.2 Å². The zero-order valence-electron chi connectivity index (χ0n) is 15.5. The van der Waals surface area contributed by atoms with E-state index in [1.54, 1.807) is 0 Å². The number of carbonyl (C=O) groups excluding carboxylic acids is 1. The van der Waals surface area contributed by atoms with E-state index in [1.807, 2.05) is 62.4 Å². The second-order valence-corrected chi connectivity index (χ2v) is 7.66. The summed E-state index contributed by atoms with van der Waals surface area (Å²) in [6.45, 7) is 8.20. The number of carbonyl (C=O) groups is 1. The summed E-state index contributed by atoms with van der Waals surface area (Å²) in [6, 6.07) is 16.0. The van der Waals surface area contributed by atoms with Gasteiger partial charge in [-0.2, -0.15) is 0 Å². The molecule has 0 saturated heterocycles. The highest BCUT2D eigenvalue weighted by Gasteiger charge is 2.16. The van der Waals surface area contributed by atoms with E-state index >= 15 is 0 Å². The molecular weight excluding hydrogens is 342 g/mol. The molecule has 3 rings (SSSR count). The summed E-state index contributed by atoms with van der Waals surface area (Å²) in [7, 11) is 0. The van der Waals surface area contributed by atoms with Crippen molar-refractivity contribution in [2.75, 3.05) is 10.6 Å². The van der Waals surface area contributed by atoms with E-state index in [9.17, 15) is 4.79 Å². The van der Waals surface area contributed by atoms with Crippen LogP contribution < -0.4 is 10.6 Å². The average molecular weight is 366 g/mol. The zero-order chi connectivity index (χ0) is 18.7. The lowest BCUT2D eigenvalue weighted by Crippen LogP contribution is -2.11. The second-order valence-electron chi connectivity index (χ2n) is 6.66. The van der Waals surface area contributed by atoms with Gasteiger partial charge in [-0.1, -0.05) is 49.4 Å². The van der Waals surface area contributed by atoms with Crippen molar-refractivity contribution in [2.45, 2.75) is 33.6 Å². The van der Waals surface area contributed by atoms with Crippen molar-refractivity contribution in [1.29, 1.82) is 0 Å². The van der Waals surface area contributed by atoms with Crippen LogP contribution in [0.1, 0.15) is 46.3 Å². The van der Waals surface area contributed by atoms with E-state index < -0.39 is 0 Å². The summed E-state index contributed by atoms with van der Waals surface area (Å²) in [6.07, 6.45) is 0. The van der Waals surface area contributed by atoms with Crippen LogP contribution in [0.4, 0.5) is 16.5 Å². The Morgan fingerprint density at radius 1 is 1.04 bits per heavy atom. The summed E-state index contributed by atoms with van der Waals surface area (Å²) >= 11 is 1.36. The predicted molar refractivity (Wildman–Crippen MR) is 110 cm³/mol. The van der Waals surface area contributed by atoms with Gasteiger partial charge in [0.25, 0.3) is 5.91 Å². The van der Waals surface area contributed by atoms with Gasteiger partial charge < -0.3 is 10.6 Å². The van der Waals surface area contributed by atoms with Crippen molar-refractivity contribution in [3.8, 4) is 0 Å². The first kappa shape index (κ1) is 18.1. The lowest BCUT2D eigenvalue weighted by molar-refractivity contribution is 0.103. The number of amides is 1. The molecule has 26 heavy (non-hydrogen) atoms. The van der Waals surface area contributed by atoms with Crippen LogP contribution in [0.15, 0.2) is 48.5 Å². The third kappa shape index (κ3) is 4.29. The van der Waals surface area contributed by atoms with Crippen molar-refractivity contribution in [3.05, 3.63) is 70.2 Å². The van der Waals surface area contributed by atoms with Gasteiger partial charge in [-0.3, -0.25) is 4.79 Å². The molecule has 1 aromatic heterocycles. The van der Waals surface area contributed by atoms with Crippen LogP contribution in [0.3, 0.4) is 0 Å². The Morgan fingerprint density at radius 2 is 1.77 bits per heavy atom. The molecular formula is C21H23N3OS. The molecule has 2 N–H and O–H groups in total. The topological polar surface area (TPSA) is 54.0 Å². The normalized spacial score (nSPS) is 10.8. The number of aryl methyl sites for hydroxylation is 2. The number of thiazole rings is 1. The minimum absolute atomic E-state index is 0.130. The molecule has 0 aliphatic heterocycles. The molecule has 0 spiro atoms. The van der Waals surface area contributed by atoms with Crippen LogP contribution in [0.2, 0.25) is 0 Å². The van der Waals surface area contributed by atoms with Crippen LogP contribution in [-0.4, -0.2) is 10.9 Å². The monoisotopic (exact) mass is 365 g/mol. The van der Waals surface area contributed by atoms with E-state index in [2.05, 4.69) is 29.5 Å². The number of aromatic nitrogens is 1. The Bertz CT molecular complexity index is 913. The van der Waals surface area contributed by atoms with Gasteiger partial charge in [0.15, 0.2) is 5.13 Å². The van der Waals surface area contributed by atoms with Crippen LogP contribution in [0, 0.1) is 13.8 Å². The molecule has 1 heterocycles. The van der Waals surface area contributed by atoms with Crippen LogP contribution in [0.25, 0.3) is 0 Å². The predicted octanol–water partition coefficient (Wildman–Crippen LogP) is 5.88. The maximum absolute atomic E-state index is 12.6. The molecule has 5 heteroatoms. The summed E-state index contributed by atoms with van der Waals surface area (Å²) in [5.74, 6) is 0.341. The molecule has 0 aliphatic carbocycles. The summed E-state index contributed by atoms with van der Waals surface area (Å²) in [5, 5.41) is 6.94. The largest absolute Gasteiger partial charge is 0.332 e. The number of nitrogens with one attached hydrogen (secondary N) is 2. The third-order valence-corrected chi connectivity index (χ3v) is 5.18. The average Bonchev–Trinajstić information content (AvgIpc) is 2.95. The summed E-state index contributed by atoms with van der Waals surface area (Å²) in [4.78, 5) is 17.7. The molecule has 0 saturated carbocycles. The molecule has 0 atom stereocenters. The molecule has 134 valence electrons. The first-order chi connectivity index (χ1) is 12.4. The quantitative estimate of drug-likeness (QED) is 0.594. The van der Waals surface area contributed by atoms with Crippen molar-refractivity contribution >= 4 is 33.8 Å². The lowest BCUT2D eigenvalue weighted by Gasteiger charge is -2.08. The Morgan fingerprint density at radius 3 is 2.42 bits per heavy atom. The van der Waals surface area contributed by atoms with E-state index in [0.717, 1.165) is 17.1 Å². The summed E-state index contributed by atoms with van der Waals surface area (Å²) < 4.78 is 0. The Labute approximate surface area is 158 Å². The summed E-state index contributed by atoms with van der Waals surface area (Å²) in [5.41, 5.74) is 4.91. The van der Waals surface area contributed by atoms with Crippen molar-refractivity contribution in [3.63, 3.8) is 0 Å². The highest BCUT2D eigenvalue weighted by molar-refractivity contribution is 7.17. The number of anilines is 3. The molecule has 3 aromatic rings. The number of rotatable bonds is 5. The third-order valence-electron chi connectivity index (χ3n) is 4.11. The maximum atomic E-state index is 12.6. The SMILES string of the molecule is Cc1cccc(Nc2nc(C)c(C(=O)Nc3ccc(C(C)C)cc3)s2)c1. The first-order valence-corrected chi connectivity index (χ1v) is 9.46. The van der Waals surface area contributed by atoms with E-state index in [1.165, 1.54) is 22.5 Å².